The van der Waals surface area contributed by atoms with Crippen LogP contribution in [-0.4, -0.2) is 47.0 Å². The molecule has 20 heavy (non-hydrogen) atoms. The van der Waals surface area contributed by atoms with Crippen LogP contribution < -0.4 is 0 Å². The van der Waals surface area contributed by atoms with Crippen LogP contribution in [-0.2, 0) is 19.1 Å². The van der Waals surface area contributed by atoms with Gasteiger partial charge in [-0.05, 0) is 26.2 Å². The standard InChI is InChI=1S/C14H23NO5/c1-4-20-14(19)11-7-5-6-8-15(11)12(16)9(2)10(3)13(17)18/h9-11H,4-8H2,1-3H3,(H,17,18). The Bertz CT molecular complexity index is 382. The molecule has 1 amide bonds. The number of rotatable bonds is 5. The highest BCUT2D eigenvalue weighted by atomic mass is 16.5. The lowest BCUT2D eigenvalue weighted by Gasteiger charge is -2.36. The van der Waals surface area contributed by atoms with E-state index in [1.807, 2.05) is 0 Å². The Balaban J connectivity index is 2.81. The second kappa shape index (κ2) is 7.26. The summed E-state index contributed by atoms with van der Waals surface area (Å²) in [5.74, 6) is -3.10. The van der Waals surface area contributed by atoms with Crippen LogP contribution in [0.5, 0.6) is 0 Å². The number of carboxylic acids is 1. The van der Waals surface area contributed by atoms with Crippen LogP contribution in [0.15, 0.2) is 0 Å². The number of aliphatic carboxylic acids is 1. The zero-order chi connectivity index (χ0) is 15.3. The van der Waals surface area contributed by atoms with E-state index >= 15 is 0 Å². The highest BCUT2D eigenvalue weighted by Gasteiger charge is 2.37. The van der Waals surface area contributed by atoms with Gasteiger partial charge in [-0.15, -0.1) is 0 Å². The minimum atomic E-state index is -1.00. The summed E-state index contributed by atoms with van der Waals surface area (Å²) in [6, 6.07) is -0.570. The normalized spacial score (nSPS) is 21.9. The minimum Gasteiger partial charge on any atom is -0.481 e. The molecule has 1 rings (SSSR count). The van der Waals surface area contributed by atoms with Crippen LogP contribution in [0.25, 0.3) is 0 Å². The molecule has 6 heteroatoms. The first-order valence-electron chi connectivity index (χ1n) is 7.10. The van der Waals surface area contributed by atoms with E-state index < -0.39 is 29.8 Å². The smallest absolute Gasteiger partial charge is 0.328 e. The molecular weight excluding hydrogens is 262 g/mol. The monoisotopic (exact) mass is 285 g/mol. The molecule has 0 aromatic rings. The maximum absolute atomic E-state index is 12.4. The Morgan fingerprint density at radius 1 is 1.25 bits per heavy atom. The second-order valence-electron chi connectivity index (χ2n) is 5.21. The van der Waals surface area contributed by atoms with Crippen LogP contribution in [0.2, 0.25) is 0 Å². The minimum absolute atomic E-state index is 0.276. The Morgan fingerprint density at radius 3 is 2.45 bits per heavy atom. The number of esters is 1. The van der Waals surface area contributed by atoms with Gasteiger partial charge in [0.25, 0.3) is 0 Å². The van der Waals surface area contributed by atoms with Crippen LogP contribution in [0.4, 0.5) is 0 Å². The number of hydrogen-bond donors (Lipinski definition) is 1. The fourth-order valence-corrected chi connectivity index (χ4v) is 2.37. The molecular formula is C14H23NO5. The lowest BCUT2D eigenvalue weighted by molar-refractivity contribution is -0.160. The lowest BCUT2D eigenvalue weighted by atomic mass is 9.92. The van der Waals surface area contributed by atoms with Gasteiger partial charge in [0.15, 0.2) is 0 Å². The van der Waals surface area contributed by atoms with E-state index in [0.29, 0.717) is 13.0 Å². The predicted molar refractivity (Wildman–Crippen MR) is 71.9 cm³/mol. The average molecular weight is 285 g/mol. The number of nitrogens with zero attached hydrogens (tertiary/aromatic N) is 1. The molecule has 1 saturated heterocycles. The van der Waals surface area contributed by atoms with Gasteiger partial charge >= 0.3 is 11.9 Å². The van der Waals surface area contributed by atoms with E-state index in [2.05, 4.69) is 0 Å². The van der Waals surface area contributed by atoms with Gasteiger partial charge < -0.3 is 14.7 Å². The van der Waals surface area contributed by atoms with Crippen molar-refractivity contribution in [2.45, 2.75) is 46.1 Å². The van der Waals surface area contributed by atoms with Gasteiger partial charge in [-0.3, -0.25) is 9.59 Å². The summed E-state index contributed by atoms with van der Waals surface area (Å²) < 4.78 is 5.00. The van der Waals surface area contributed by atoms with Gasteiger partial charge in [-0.1, -0.05) is 13.8 Å². The first kappa shape index (κ1) is 16.5. The number of amides is 1. The molecule has 0 aromatic heterocycles. The third-order valence-electron chi connectivity index (χ3n) is 3.87. The molecule has 3 unspecified atom stereocenters. The summed E-state index contributed by atoms with van der Waals surface area (Å²) in [6.45, 7) is 5.59. The summed E-state index contributed by atoms with van der Waals surface area (Å²) in [4.78, 5) is 36.8. The number of carboxylic acid groups (broad SMARTS) is 1. The summed E-state index contributed by atoms with van der Waals surface area (Å²) >= 11 is 0. The third kappa shape index (κ3) is 3.71. The summed E-state index contributed by atoms with van der Waals surface area (Å²) in [5, 5.41) is 9.00. The van der Waals surface area contributed by atoms with E-state index in [9.17, 15) is 14.4 Å². The zero-order valence-electron chi connectivity index (χ0n) is 12.3. The molecule has 0 bridgehead atoms. The quantitative estimate of drug-likeness (QED) is 0.769. The molecule has 1 fully saturated rings. The topological polar surface area (TPSA) is 83.9 Å². The van der Waals surface area contributed by atoms with Crippen molar-refractivity contribution in [2.24, 2.45) is 11.8 Å². The van der Waals surface area contributed by atoms with Crippen LogP contribution in [0, 0.1) is 11.8 Å². The number of ether oxygens (including phenoxy) is 1. The van der Waals surface area contributed by atoms with E-state index in [-0.39, 0.29) is 12.5 Å². The molecule has 3 atom stereocenters. The number of hydrogen-bond acceptors (Lipinski definition) is 4. The first-order valence-corrected chi connectivity index (χ1v) is 7.10. The number of carbonyl (C=O) groups excluding carboxylic acids is 2. The van der Waals surface area contributed by atoms with E-state index in [4.69, 9.17) is 9.84 Å². The van der Waals surface area contributed by atoms with Crippen LogP contribution >= 0.6 is 0 Å². The Kier molecular flexibility index (Phi) is 5.98. The molecule has 0 aliphatic carbocycles. The first-order chi connectivity index (χ1) is 9.40. The predicted octanol–water partition coefficient (Wildman–Crippen LogP) is 1.29. The molecule has 114 valence electrons. The molecule has 1 heterocycles. The third-order valence-corrected chi connectivity index (χ3v) is 3.87. The fourth-order valence-electron chi connectivity index (χ4n) is 2.37. The number of piperidine rings is 1. The second-order valence-corrected chi connectivity index (χ2v) is 5.21. The Hall–Kier alpha value is -1.59. The van der Waals surface area contributed by atoms with Gasteiger partial charge in [-0.2, -0.15) is 0 Å². The molecule has 0 saturated carbocycles. The number of likely N-dealkylation sites (tertiary alicyclic amines) is 1. The summed E-state index contributed by atoms with van der Waals surface area (Å²) in [6.07, 6.45) is 2.28. The van der Waals surface area contributed by atoms with Crippen molar-refractivity contribution < 1.29 is 24.2 Å². The molecule has 6 nitrogen and oxygen atoms in total. The van der Waals surface area contributed by atoms with Crippen LogP contribution in [0.1, 0.15) is 40.0 Å². The molecule has 1 N–H and O–H groups in total. The molecule has 1 aliphatic heterocycles. The van der Waals surface area contributed by atoms with E-state index in [0.717, 1.165) is 12.8 Å². The van der Waals surface area contributed by atoms with Crippen molar-refractivity contribution in [3.63, 3.8) is 0 Å². The summed E-state index contributed by atoms with van der Waals surface area (Å²) in [7, 11) is 0. The average Bonchev–Trinajstić information content (AvgIpc) is 2.45. The SMILES string of the molecule is CCOC(=O)C1CCCCN1C(=O)C(C)C(C)C(=O)O. The number of carbonyl (C=O) groups is 3. The van der Waals surface area contributed by atoms with Gasteiger partial charge in [-0.25, -0.2) is 4.79 Å². The van der Waals surface area contributed by atoms with Crippen molar-refractivity contribution in [1.29, 1.82) is 0 Å². The highest BCUT2D eigenvalue weighted by Crippen LogP contribution is 2.23. The zero-order valence-corrected chi connectivity index (χ0v) is 12.3. The van der Waals surface area contributed by atoms with Crippen molar-refractivity contribution in [3.8, 4) is 0 Å². The van der Waals surface area contributed by atoms with E-state index in [1.165, 1.54) is 11.8 Å². The van der Waals surface area contributed by atoms with E-state index in [1.54, 1.807) is 13.8 Å². The molecule has 0 radical (unpaired) electrons. The van der Waals surface area contributed by atoms with Crippen molar-refractivity contribution in [1.82, 2.24) is 4.90 Å². The van der Waals surface area contributed by atoms with Gasteiger partial charge in [0.2, 0.25) is 5.91 Å². The van der Waals surface area contributed by atoms with Crippen LogP contribution in [0.3, 0.4) is 0 Å². The van der Waals surface area contributed by atoms with Gasteiger partial charge in [0.1, 0.15) is 6.04 Å². The largest absolute Gasteiger partial charge is 0.481 e. The van der Waals surface area contributed by atoms with Crippen molar-refractivity contribution in [3.05, 3.63) is 0 Å². The molecule has 0 spiro atoms. The highest BCUT2D eigenvalue weighted by molar-refractivity contribution is 5.88. The maximum atomic E-state index is 12.4. The molecule has 0 aromatic carbocycles. The van der Waals surface area contributed by atoms with Crippen molar-refractivity contribution in [2.75, 3.05) is 13.2 Å². The van der Waals surface area contributed by atoms with Gasteiger partial charge in [0, 0.05) is 12.5 Å². The van der Waals surface area contributed by atoms with Gasteiger partial charge in [0.05, 0.1) is 12.5 Å². The Labute approximate surface area is 119 Å². The fraction of sp³-hybridized carbons (Fsp3) is 0.786. The maximum Gasteiger partial charge on any atom is 0.328 e. The molecule has 1 aliphatic rings. The lowest BCUT2D eigenvalue weighted by Crippen LogP contribution is -2.51. The summed E-state index contributed by atoms with van der Waals surface area (Å²) in [5.41, 5.74) is 0. The van der Waals surface area contributed by atoms with Crippen molar-refractivity contribution >= 4 is 17.8 Å². The Morgan fingerprint density at radius 2 is 1.90 bits per heavy atom.